The fourth-order valence-corrected chi connectivity index (χ4v) is 2.84. The van der Waals surface area contributed by atoms with Crippen molar-refractivity contribution in [1.82, 2.24) is 14.5 Å². The summed E-state index contributed by atoms with van der Waals surface area (Å²) in [5, 5.41) is 3.00. The number of pyridine rings is 2. The molecule has 1 aliphatic rings. The van der Waals surface area contributed by atoms with Crippen LogP contribution in [0.1, 0.15) is 18.2 Å². The zero-order chi connectivity index (χ0) is 17.6. The molecule has 25 heavy (non-hydrogen) atoms. The van der Waals surface area contributed by atoms with Crippen LogP contribution < -0.4 is 10.9 Å². The Kier molecular flexibility index (Phi) is 5.45. The zero-order valence-corrected chi connectivity index (χ0v) is 14.2. The molecule has 0 saturated carbocycles. The predicted molar refractivity (Wildman–Crippen MR) is 94.4 cm³/mol. The molecule has 0 unspecified atom stereocenters. The fraction of sp³-hybridized carbons (Fsp3) is 0.389. The van der Waals surface area contributed by atoms with E-state index in [1.807, 2.05) is 25.2 Å². The molecule has 1 amide bonds. The summed E-state index contributed by atoms with van der Waals surface area (Å²) in [7, 11) is 1.81. The molecule has 132 valence electrons. The van der Waals surface area contributed by atoms with Crippen molar-refractivity contribution in [2.24, 2.45) is 0 Å². The van der Waals surface area contributed by atoms with Gasteiger partial charge in [-0.15, -0.1) is 0 Å². The van der Waals surface area contributed by atoms with Crippen LogP contribution >= 0.6 is 0 Å². The molecule has 1 fully saturated rings. The van der Waals surface area contributed by atoms with Gasteiger partial charge in [0.05, 0.1) is 18.8 Å². The molecule has 0 radical (unpaired) electrons. The highest BCUT2D eigenvalue weighted by molar-refractivity contribution is 5.76. The Morgan fingerprint density at radius 1 is 1.32 bits per heavy atom. The number of carbonyl (C=O) groups is 1. The maximum atomic E-state index is 12.5. The summed E-state index contributed by atoms with van der Waals surface area (Å²) in [4.78, 5) is 30.5. The first-order valence-corrected chi connectivity index (χ1v) is 8.37. The van der Waals surface area contributed by atoms with Gasteiger partial charge in [-0.2, -0.15) is 0 Å². The molecular formula is C18H22N4O3. The number of carbonyl (C=O) groups excluding carboxylic acids is 1. The number of morpholine rings is 1. The zero-order valence-electron chi connectivity index (χ0n) is 14.2. The van der Waals surface area contributed by atoms with Crippen molar-refractivity contribution < 1.29 is 9.53 Å². The maximum absolute atomic E-state index is 12.5. The first kappa shape index (κ1) is 17.2. The van der Waals surface area contributed by atoms with E-state index in [0.717, 1.165) is 11.5 Å². The number of hydrogen-bond acceptors (Lipinski definition) is 5. The van der Waals surface area contributed by atoms with Crippen molar-refractivity contribution in [3.8, 4) is 0 Å². The summed E-state index contributed by atoms with van der Waals surface area (Å²) in [5.41, 5.74) is 0.715. The summed E-state index contributed by atoms with van der Waals surface area (Å²) in [6.07, 6.45) is 1.76. The first-order valence-electron chi connectivity index (χ1n) is 8.37. The van der Waals surface area contributed by atoms with E-state index in [4.69, 9.17) is 4.74 Å². The SMILES string of the molecule is CNc1cccc([C@@H]2CN(C(=O)CCn3ccccc3=O)CCO2)n1. The third-order valence-corrected chi connectivity index (χ3v) is 4.24. The van der Waals surface area contributed by atoms with E-state index in [2.05, 4.69) is 10.3 Å². The number of aryl methyl sites for hydroxylation is 1. The second kappa shape index (κ2) is 7.94. The molecule has 1 aliphatic heterocycles. The molecule has 0 spiro atoms. The van der Waals surface area contributed by atoms with Gasteiger partial charge in [-0.05, 0) is 18.2 Å². The summed E-state index contributed by atoms with van der Waals surface area (Å²) < 4.78 is 7.34. The van der Waals surface area contributed by atoms with E-state index in [-0.39, 0.29) is 17.6 Å². The lowest BCUT2D eigenvalue weighted by molar-refractivity contribution is -0.139. The Balaban J connectivity index is 1.61. The second-order valence-electron chi connectivity index (χ2n) is 5.88. The van der Waals surface area contributed by atoms with Crippen LogP contribution in [-0.4, -0.2) is 47.1 Å². The predicted octanol–water partition coefficient (Wildman–Crippen LogP) is 1.28. The van der Waals surface area contributed by atoms with Crippen LogP contribution in [-0.2, 0) is 16.1 Å². The number of ether oxygens (including phenoxy) is 1. The minimum Gasteiger partial charge on any atom is -0.373 e. The molecule has 0 aliphatic carbocycles. The number of aromatic nitrogens is 2. The third-order valence-electron chi connectivity index (χ3n) is 4.24. The quantitative estimate of drug-likeness (QED) is 0.886. The molecule has 0 bridgehead atoms. The normalized spacial score (nSPS) is 17.3. The van der Waals surface area contributed by atoms with Crippen molar-refractivity contribution >= 4 is 11.7 Å². The van der Waals surface area contributed by atoms with Gasteiger partial charge in [-0.1, -0.05) is 12.1 Å². The van der Waals surface area contributed by atoms with E-state index >= 15 is 0 Å². The molecule has 1 N–H and O–H groups in total. The second-order valence-corrected chi connectivity index (χ2v) is 5.88. The van der Waals surface area contributed by atoms with E-state index in [9.17, 15) is 9.59 Å². The van der Waals surface area contributed by atoms with E-state index in [1.54, 1.807) is 27.8 Å². The standard InChI is InChI=1S/C18H22N4O3/c1-19-16-6-4-5-14(20-16)15-13-22(11-12-25-15)18(24)8-10-21-9-3-2-7-17(21)23/h2-7,9,15H,8,10-13H2,1H3,(H,19,20)/t15-/m0/s1. The smallest absolute Gasteiger partial charge is 0.250 e. The Bertz CT molecular complexity index is 790. The molecule has 2 aromatic heterocycles. The lowest BCUT2D eigenvalue weighted by Crippen LogP contribution is -2.43. The van der Waals surface area contributed by atoms with Gasteiger partial charge in [-0.25, -0.2) is 4.98 Å². The van der Waals surface area contributed by atoms with E-state index in [0.29, 0.717) is 32.7 Å². The van der Waals surface area contributed by atoms with Gasteiger partial charge in [0.1, 0.15) is 11.9 Å². The van der Waals surface area contributed by atoms with Crippen LogP contribution in [0.5, 0.6) is 0 Å². The summed E-state index contributed by atoms with van der Waals surface area (Å²) in [6.45, 7) is 1.90. The topological polar surface area (TPSA) is 76.5 Å². The molecule has 3 heterocycles. The Hall–Kier alpha value is -2.67. The fourth-order valence-electron chi connectivity index (χ4n) is 2.84. The number of nitrogens with one attached hydrogen (secondary N) is 1. The molecule has 2 aromatic rings. The molecule has 1 saturated heterocycles. The van der Waals surface area contributed by atoms with Crippen molar-refractivity contribution in [2.75, 3.05) is 32.1 Å². The number of rotatable bonds is 5. The van der Waals surface area contributed by atoms with Gasteiger partial charge >= 0.3 is 0 Å². The average molecular weight is 342 g/mol. The van der Waals surface area contributed by atoms with Crippen molar-refractivity contribution in [3.05, 3.63) is 58.6 Å². The Labute approximate surface area is 146 Å². The number of nitrogens with zero attached hydrogens (tertiary/aromatic N) is 3. The molecule has 1 atom stereocenters. The molecule has 0 aromatic carbocycles. The largest absolute Gasteiger partial charge is 0.373 e. The number of amides is 1. The van der Waals surface area contributed by atoms with Gasteiger partial charge in [0, 0.05) is 38.8 Å². The molecule has 7 heteroatoms. The van der Waals surface area contributed by atoms with E-state index in [1.165, 1.54) is 6.07 Å². The van der Waals surface area contributed by atoms with Crippen molar-refractivity contribution in [3.63, 3.8) is 0 Å². The van der Waals surface area contributed by atoms with Gasteiger partial charge < -0.3 is 19.5 Å². The highest BCUT2D eigenvalue weighted by Crippen LogP contribution is 2.22. The van der Waals surface area contributed by atoms with Crippen LogP contribution in [0.3, 0.4) is 0 Å². The molecule has 7 nitrogen and oxygen atoms in total. The first-order chi connectivity index (χ1) is 12.2. The van der Waals surface area contributed by atoms with E-state index < -0.39 is 0 Å². The Morgan fingerprint density at radius 3 is 3.00 bits per heavy atom. The number of anilines is 1. The Morgan fingerprint density at radius 2 is 2.20 bits per heavy atom. The van der Waals surface area contributed by atoms with Gasteiger partial charge in [0.2, 0.25) is 5.91 Å². The maximum Gasteiger partial charge on any atom is 0.250 e. The number of hydrogen-bond donors (Lipinski definition) is 1. The van der Waals surface area contributed by atoms with Crippen molar-refractivity contribution in [2.45, 2.75) is 19.1 Å². The minimum atomic E-state index is -0.231. The van der Waals surface area contributed by atoms with Gasteiger partial charge in [0.25, 0.3) is 5.56 Å². The molecular weight excluding hydrogens is 320 g/mol. The highest BCUT2D eigenvalue weighted by atomic mass is 16.5. The monoisotopic (exact) mass is 342 g/mol. The van der Waals surface area contributed by atoms with Crippen LogP contribution in [0.15, 0.2) is 47.4 Å². The average Bonchev–Trinajstić information content (AvgIpc) is 2.67. The lowest BCUT2D eigenvalue weighted by Gasteiger charge is -2.33. The van der Waals surface area contributed by atoms with Crippen LogP contribution in [0.25, 0.3) is 0 Å². The summed E-state index contributed by atoms with van der Waals surface area (Å²) in [6, 6.07) is 10.7. The van der Waals surface area contributed by atoms with Crippen molar-refractivity contribution in [1.29, 1.82) is 0 Å². The van der Waals surface area contributed by atoms with Gasteiger partial charge in [0.15, 0.2) is 0 Å². The summed E-state index contributed by atoms with van der Waals surface area (Å²) >= 11 is 0. The minimum absolute atomic E-state index is 0.0221. The van der Waals surface area contributed by atoms with Crippen LogP contribution in [0, 0.1) is 0 Å². The summed E-state index contributed by atoms with van der Waals surface area (Å²) in [5.74, 6) is 0.793. The van der Waals surface area contributed by atoms with Crippen LogP contribution in [0.4, 0.5) is 5.82 Å². The van der Waals surface area contributed by atoms with Crippen LogP contribution in [0.2, 0.25) is 0 Å². The lowest BCUT2D eigenvalue weighted by atomic mass is 10.1. The highest BCUT2D eigenvalue weighted by Gasteiger charge is 2.26. The molecule has 3 rings (SSSR count). The third kappa shape index (κ3) is 4.24. The van der Waals surface area contributed by atoms with Gasteiger partial charge in [-0.3, -0.25) is 9.59 Å².